The van der Waals surface area contributed by atoms with E-state index in [0.717, 1.165) is 39.4 Å². The van der Waals surface area contributed by atoms with Gasteiger partial charge in [0.05, 0.1) is 13.2 Å². The van der Waals surface area contributed by atoms with Crippen molar-refractivity contribution in [2.75, 3.05) is 39.4 Å². The van der Waals surface area contributed by atoms with Gasteiger partial charge in [0.15, 0.2) is 0 Å². The van der Waals surface area contributed by atoms with Gasteiger partial charge in [-0.05, 0) is 32.9 Å². The number of hydrogen-bond acceptors (Lipinski definition) is 3. The molecular weight excluding hydrogens is 176 g/mol. The second-order valence-electron chi connectivity index (χ2n) is 4.04. The first-order valence-corrected chi connectivity index (χ1v) is 5.87. The summed E-state index contributed by atoms with van der Waals surface area (Å²) in [5.41, 5.74) is 0. The highest BCUT2D eigenvalue weighted by Gasteiger charge is 2.15. The van der Waals surface area contributed by atoms with Crippen LogP contribution in [0.5, 0.6) is 0 Å². The summed E-state index contributed by atoms with van der Waals surface area (Å²) in [6.45, 7) is 10.9. The van der Waals surface area contributed by atoms with Gasteiger partial charge in [-0.25, -0.2) is 0 Å². The Kier molecular flexibility index (Phi) is 6.15. The van der Waals surface area contributed by atoms with E-state index in [1.54, 1.807) is 0 Å². The fraction of sp³-hybridized carbons (Fsp3) is 1.00. The lowest BCUT2D eigenvalue weighted by Crippen LogP contribution is -2.43. The SMILES string of the molecule is CCCNCCC(C)N1CCOCC1. The van der Waals surface area contributed by atoms with Gasteiger partial charge in [-0.1, -0.05) is 6.92 Å². The summed E-state index contributed by atoms with van der Waals surface area (Å²) in [6.07, 6.45) is 2.48. The second kappa shape index (κ2) is 7.21. The van der Waals surface area contributed by atoms with Crippen molar-refractivity contribution in [3.05, 3.63) is 0 Å². The van der Waals surface area contributed by atoms with Gasteiger partial charge in [-0.2, -0.15) is 0 Å². The Bertz CT molecular complexity index is 135. The zero-order valence-corrected chi connectivity index (χ0v) is 9.59. The normalized spacial score (nSPS) is 21.0. The van der Waals surface area contributed by atoms with Gasteiger partial charge in [0.2, 0.25) is 0 Å². The quantitative estimate of drug-likeness (QED) is 0.650. The Morgan fingerprint density at radius 3 is 2.64 bits per heavy atom. The molecule has 1 aliphatic rings. The number of nitrogens with zero attached hydrogens (tertiary/aromatic N) is 1. The zero-order valence-electron chi connectivity index (χ0n) is 9.59. The molecule has 1 unspecified atom stereocenters. The van der Waals surface area contributed by atoms with E-state index in [1.807, 2.05) is 0 Å². The van der Waals surface area contributed by atoms with Crippen molar-refractivity contribution in [1.29, 1.82) is 0 Å². The van der Waals surface area contributed by atoms with E-state index in [4.69, 9.17) is 4.74 Å². The molecule has 1 saturated heterocycles. The van der Waals surface area contributed by atoms with Gasteiger partial charge < -0.3 is 10.1 Å². The third-order valence-corrected chi connectivity index (χ3v) is 2.83. The number of morpholine rings is 1. The minimum atomic E-state index is 0.697. The Morgan fingerprint density at radius 1 is 1.29 bits per heavy atom. The molecule has 1 fully saturated rings. The average Bonchev–Trinajstić information content (AvgIpc) is 2.25. The molecular formula is C11H24N2O. The van der Waals surface area contributed by atoms with Gasteiger partial charge >= 0.3 is 0 Å². The molecule has 0 radical (unpaired) electrons. The minimum absolute atomic E-state index is 0.697. The van der Waals surface area contributed by atoms with Crippen LogP contribution in [0.25, 0.3) is 0 Å². The first kappa shape index (κ1) is 12.0. The molecule has 0 bridgehead atoms. The van der Waals surface area contributed by atoms with E-state index in [0.29, 0.717) is 6.04 Å². The lowest BCUT2D eigenvalue weighted by atomic mass is 10.2. The molecule has 0 amide bonds. The molecule has 0 aromatic carbocycles. The minimum Gasteiger partial charge on any atom is -0.379 e. The molecule has 0 aliphatic carbocycles. The van der Waals surface area contributed by atoms with Crippen LogP contribution in [-0.4, -0.2) is 50.3 Å². The summed E-state index contributed by atoms with van der Waals surface area (Å²) in [5.74, 6) is 0. The van der Waals surface area contributed by atoms with Crippen molar-refractivity contribution in [1.82, 2.24) is 10.2 Å². The van der Waals surface area contributed by atoms with Crippen LogP contribution in [0.1, 0.15) is 26.7 Å². The first-order valence-electron chi connectivity index (χ1n) is 5.87. The van der Waals surface area contributed by atoms with Crippen LogP contribution in [0, 0.1) is 0 Å². The molecule has 1 heterocycles. The third-order valence-electron chi connectivity index (χ3n) is 2.83. The standard InChI is InChI=1S/C11H24N2O/c1-3-5-12-6-4-11(2)13-7-9-14-10-8-13/h11-12H,3-10H2,1-2H3. The van der Waals surface area contributed by atoms with Crippen LogP contribution in [-0.2, 0) is 4.74 Å². The Hall–Kier alpha value is -0.120. The molecule has 3 nitrogen and oxygen atoms in total. The highest BCUT2D eigenvalue weighted by Crippen LogP contribution is 2.05. The van der Waals surface area contributed by atoms with E-state index in [2.05, 4.69) is 24.1 Å². The molecule has 0 aromatic heterocycles. The van der Waals surface area contributed by atoms with E-state index in [9.17, 15) is 0 Å². The van der Waals surface area contributed by atoms with Crippen molar-refractivity contribution in [2.45, 2.75) is 32.7 Å². The summed E-state index contributed by atoms with van der Waals surface area (Å²) in [7, 11) is 0. The fourth-order valence-corrected chi connectivity index (χ4v) is 1.81. The highest BCUT2D eigenvalue weighted by molar-refractivity contribution is 4.70. The van der Waals surface area contributed by atoms with Crippen LogP contribution in [0.4, 0.5) is 0 Å². The maximum Gasteiger partial charge on any atom is 0.0594 e. The zero-order chi connectivity index (χ0) is 10.2. The van der Waals surface area contributed by atoms with E-state index >= 15 is 0 Å². The van der Waals surface area contributed by atoms with Crippen LogP contribution >= 0.6 is 0 Å². The molecule has 0 saturated carbocycles. The van der Waals surface area contributed by atoms with Crippen LogP contribution in [0.15, 0.2) is 0 Å². The smallest absolute Gasteiger partial charge is 0.0594 e. The molecule has 3 heteroatoms. The first-order chi connectivity index (χ1) is 6.84. The van der Waals surface area contributed by atoms with Gasteiger partial charge in [0.25, 0.3) is 0 Å². The lowest BCUT2D eigenvalue weighted by Gasteiger charge is -2.32. The van der Waals surface area contributed by atoms with Gasteiger partial charge in [-0.3, -0.25) is 4.90 Å². The molecule has 14 heavy (non-hydrogen) atoms. The summed E-state index contributed by atoms with van der Waals surface area (Å²) in [5, 5.41) is 3.45. The maximum atomic E-state index is 5.34. The van der Waals surface area contributed by atoms with Gasteiger partial charge in [-0.15, -0.1) is 0 Å². The molecule has 0 spiro atoms. The Morgan fingerprint density at radius 2 is 2.00 bits per heavy atom. The third kappa shape index (κ3) is 4.40. The molecule has 0 aromatic rings. The van der Waals surface area contributed by atoms with Gasteiger partial charge in [0.1, 0.15) is 0 Å². The van der Waals surface area contributed by atoms with Crippen molar-refractivity contribution >= 4 is 0 Å². The van der Waals surface area contributed by atoms with Crippen molar-refractivity contribution in [2.24, 2.45) is 0 Å². The largest absolute Gasteiger partial charge is 0.379 e. The van der Waals surface area contributed by atoms with E-state index < -0.39 is 0 Å². The van der Waals surface area contributed by atoms with Crippen LogP contribution in [0.2, 0.25) is 0 Å². The summed E-state index contributed by atoms with van der Waals surface area (Å²) in [6, 6.07) is 0.697. The van der Waals surface area contributed by atoms with E-state index in [-0.39, 0.29) is 0 Å². The maximum absolute atomic E-state index is 5.34. The monoisotopic (exact) mass is 200 g/mol. The van der Waals surface area contributed by atoms with Crippen LogP contribution in [0.3, 0.4) is 0 Å². The number of nitrogens with one attached hydrogen (secondary N) is 1. The molecule has 84 valence electrons. The van der Waals surface area contributed by atoms with Crippen LogP contribution < -0.4 is 5.32 Å². The summed E-state index contributed by atoms with van der Waals surface area (Å²) in [4.78, 5) is 2.52. The predicted molar refractivity (Wildman–Crippen MR) is 59.6 cm³/mol. The topological polar surface area (TPSA) is 24.5 Å². The van der Waals surface area contributed by atoms with Crippen molar-refractivity contribution in [3.63, 3.8) is 0 Å². The molecule has 1 rings (SSSR count). The lowest BCUT2D eigenvalue weighted by molar-refractivity contribution is 0.0187. The molecule has 1 aliphatic heterocycles. The average molecular weight is 200 g/mol. The second-order valence-corrected chi connectivity index (χ2v) is 4.04. The molecule has 1 N–H and O–H groups in total. The number of hydrogen-bond donors (Lipinski definition) is 1. The fourth-order valence-electron chi connectivity index (χ4n) is 1.81. The highest BCUT2D eigenvalue weighted by atomic mass is 16.5. The number of ether oxygens (including phenoxy) is 1. The Labute approximate surface area is 87.8 Å². The van der Waals surface area contributed by atoms with Crippen molar-refractivity contribution in [3.8, 4) is 0 Å². The van der Waals surface area contributed by atoms with E-state index in [1.165, 1.54) is 12.8 Å². The molecule has 1 atom stereocenters. The van der Waals surface area contributed by atoms with Gasteiger partial charge in [0, 0.05) is 19.1 Å². The summed E-state index contributed by atoms with van der Waals surface area (Å²) < 4.78 is 5.34. The van der Waals surface area contributed by atoms with Crippen molar-refractivity contribution < 1.29 is 4.74 Å². The predicted octanol–water partition coefficient (Wildman–Crippen LogP) is 1.10. The summed E-state index contributed by atoms with van der Waals surface area (Å²) >= 11 is 0. The number of rotatable bonds is 6. The Balaban J connectivity index is 2.04.